The third-order valence-corrected chi connectivity index (χ3v) is 9.60. The van der Waals surface area contributed by atoms with E-state index >= 15 is 0 Å². The molecule has 133 valence electrons. The molecule has 2 unspecified atom stereocenters. The van der Waals surface area contributed by atoms with Crippen molar-refractivity contribution in [2.24, 2.45) is 5.41 Å². The van der Waals surface area contributed by atoms with Gasteiger partial charge in [-0.25, -0.2) is 0 Å². The van der Waals surface area contributed by atoms with Crippen molar-refractivity contribution in [3.63, 3.8) is 0 Å². The number of benzene rings is 2. The van der Waals surface area contributed by atoms with Crippen LogP contribution >= 0.6 is 0 Å². The van der Waals surface area contributed by atoms with E-state index in [-0.39, 0.29) is 17.2 Å². The quantitative estimate of drug-likeness (QED) is 0.743. The van der Waals surface area contributed by atoms with Gasteiger partial charge in [0.25, 0.3) is 0 Å². The van der Waals surface area contributed by atoms with E-state index in [0.29, 0.717) is 5.54 Å². The second kappa shape index (κ2) is 7.10. The van der Waals surface area contributed by atoms with E-state index in [1.54, 1.807) is 0 Å². The second-order valence-corrected chi connectivity index (χ2v) is 11.9. The van der Waals surface area contributed by atoms with Crippen LogP contribution in [0.1, 0.15) is 42.7 Å². The van der Waals surface area contributed by atoms with Gasteiger partial charge in [0.1, 0.15) is 0 Å². The molecule has 2 atom stereocenters. The van der Waals surface area contributed by atoms with Gasteiger partial charge in [-0.3, -0.25) is 0 Å². The van der Waals surface area contributed by atoms with Crippen LogP contribution in [-0.4, -0.2) is 14.7 Å². The van der Waals surface area contributed by atoms with Gasteiger partial charge >= 0.3 is 170 Å². The van der Waals surface area contributed by atoms with Crippen LogP contribution in [0, 0.1) is 5.41 Å². The summed E-state index contributed by atoms with van der Waals surface area (Å²) in [6.45, 7) is 4.86. The van der Waals surface area contributed by atoms with Crippen molar-refractivity contribution in [1.29, 1.82) is 0 Å². The van der Waals surface area contributed by atoms with Crippen molar-refractivity contribution in [2.45, 2.75) is 50.2 Å². The van der Waals surface area contributed by atoms with Crippen LogP contribution in [-0.2, 0) is 25.5 Å². The summed E-state index contributed by atoms with van der Waals surface area (Å²) in [5, 5.41) is 0. The van der Waals surface area contributed by atoms with Crippen molar-refractivity contribution in [1.82, 2.24) is 3.80 Å². The van der Waals surface area contributed by atoms with Gasteiger partial charge in [0.05, 0.1) is 0 Å². The summed E-state index contributed by atoms with van der Waals surface area (Å²) in [7, 11) is -0.992. The molecule has 4 heteroatoms. The number of carbonyl (C=O) groups is 1. The Morgan fingerprint density at radius 2 is 1.62 bits per heavy atom. The number of hydrogen-bond donors (Lipinski definition) is 1. The Kier molecular flexibility index (Phi) is 4.98. The first-order chi connectivity index (χ1) is 12.6. The van der Waals surface area contributed by atoms with Crippen LogP contribution in [0.4, 0.5) is 0 Å². The normalized spacial score (nSPS) is 24.9. The van der Waals surface area contributed by atoms with E-state index in [2.05, 4.69) is 65.4 Å². The van der Waals surface area contributed by atoms with Crippen LogP contribution in [0.25, 0.3) is 11.1 Å². The Bertz CT molecular complexity index is 791. The Hall–Kier alpha value is -1.16. The molecule has 0 bridgehead atoms. The summed E-state index contributed by atoms with van der Waals surface area (Å²) in [6, 6.07) is 17.5. The van der Waals surface area contributed by atoms with Crippen LogP contribution in [0.5, 0.6) is 0 Å². The molecule has 0 aromatic heterocycles. The zero-order valence-corrected chi connectivity index (χ0v) is 18.3. The summed E-state index contributed by atoms with van der Waals surface area (Å²) in [4.78, 5) is 13.5. The molecule has 0 saturated heterocycles. The average Bonchev–Trinajstić information content (AvgIpc) is 3.02. The van der Waals surface area contributed by atoms with Crippen LogP contribution in [0.15, 0.2) is 48.5 Å². The summed E-state index contributed by atoms with van der Waals surface area (Å²) in [5.41, 5.74) is 5.62. The second-order valence-electron chi connectivity index (χ2n) is 8.20. The average molecular weight is 396 g/mol. The predicted molar refractivity (Wildman–Crippen MR) is 105 cm³/mol. The Balaban J connectivity index is 1.99. The molecule has 0 radical (unpaired) electrons. The molecule has 2 aromatic rings. The number of nitrogens with one attached hydrogen (secondary N) is 1. The molecule has 2 aromatic carbocycles. The molecule has 0 heterocycles. The van der Waals surface area contributed by atoms with Gasteiger partial charge in [0.15, 0.2) is 0 Å². The molecule has 2 nitrogen and oxygen atoms in total. The van der Waals surface area contributed by atoms with Crippen molar-refractivity contribution >= 4 is 14.7 Å². The van der Waals surface area contributed by atoms with E-state index in [1.807, 2.05) is 20.7 Å². The van der Waals surface area contributed by atoms with E-state index in [4.69, 9.17) is 0 Å². The predicted octanol–water partition coefficient (Wildman–Crippen LogP) is 4.79. The van der Waals surface area contributed by atoms with E-state index in [0.717, 1.165) is 12.8 Å². The Labute approximate surface area is 170 Å². The fourth-order valence-electron chi connectivity index (χ4n) is 5.75. The first-order valence-corrected chi connectivity index (χ1v) is 13.5. The van der Waals surface area contributed by atoms with Crippen molar-refractivity contribution in [2.75, 3.05) is 0 Å². The molecule has 2 aliphatic carbocycles. The fraction of sp³-hybridized carbons (Fsp3) is 0.409. The Morgan fingerprint density at radius 3 is 2.15 bits per heavy atom. The fourth-order valence-corrected chi connectivity index (χ4v) is 8.72. The summed E-state index contributed by atoms with van der Waals surface area (Å²) >= 11 is 1.82. The van der Waals surface area contributed by atoms with Gasteiger partial charge in [0, 0.05) is 0 Å². The van der Waals surface area contributed by atoms with Gasteiger partial charge in [-0.15, -0.1) is 0 Å². The molecule has 1 fully saturated rings. The molecular formula is C22H26NOSiTi. The maximum absolute atomic E-state index is 13.5. The first-order valence-electron chi connectivity index (χ1n) is 9.76. The van der Waals surface area contributed by atoms with Gasteiger partial charge in [-0.1, -0.05) is 0 Å². The summed E-state index contributed by atoms with van der Waals surface area (Å²) in [5.74, 6) is 0.454. The standard InChI is InChI=1S/C22H27NOSi.Ti/c1-25(2)19-13-7-8-14-22(19,21(23)24)20-17-11-5-3-9-15(17)16-10-4-6-12-18(16)20;/h3-6,9-12,19-20,25H,7-8,13-14H2,1-2H3,(H2,23,24);/q;+1/p-1. The number of hydrogen-bond acceptors (Lipinski definition) is 1. The molecule has 1 amide bonds. The first kappa shape index (κ1) is 18.2. The van der Waals surface area contributed by atoms with Crippen LogP contribution in [0.2, 0.25) is 18.6 Å². The van der Waals surface area contributed by atoms with Gasteiger partial charge in [-0.2, -0.15) is 0 Å². The number of rotatable bonds is 3. The molecule has 0 spiro atoms. The molecular weight excluding hydrogens is 370 g/mol. The number of fused-ring (bicyclic) bond motifs is 3. The molecule has 1 N–H and O–H groups in total. The van der Waals surface area contributed by atoms with Gasteiger partial charge in [0.2, 0.25) is 0 Å². The number of amides is 1. The monoisotopic (exact) mass is 396 g/mol. The third-order valence-electron chi connectivity index (χ3n) is 6.71. The minimum atomic E-state index is -0.992. The Morgan fingerprint density at radius 1 is 1.04 bits per heavy atom. The third kappa shape index (κ3) is 2.59. The van der Waals surface area contributed by atoms with Crippen molar-refractivity contribution < 1.29 is 25.5 Å². The zero-order chi connectivity index (χ0) is 18.3. The van der Waals surface area contributed by atoms with Crippen molar-refractivity contribution in [3.05, 3.63) is 59.7 Å². The topological polar surface area (TPSA) is 29.1 Å². The zero-order valence-electron chi connectivity index (χ0n) is 15.6. The molecule has 26 heavy (non-hydrogen) atoms. The molecule has 4 rings (SSSR count). The van der Waals surface area contributed by atoms with Crippen molar-refractivity contribution in [3.8, 4) is 11.1 Å². The van der Waals surface area contributed by atoms with Crippen LogP contribution in [0.3, 0.4) is 0 Å². The molecule has 0 aliphatic heterocycles. The summed E-state index contributed by atoms with van der Waals surface area (Å²) < 4.78 is 3.08. The van der Waals surface area contributed by atoms with Gasteiger partial charge in [-0.05, 0) is 0 Å². The SMILES string of the molecule is C[SiH](C)C1CCCCC1(C(=O)[NH][Ti])C1c2ccccc2-c2ccccc21. The van der Waals surface area contributed by atoms with E-state index < -0.39 is 8.80 Å². The molecule has 1 saturated carbocycles. The number of carbonyl (C=O) groups excluding carboxylic acids is 1. The van der Waals surface area contributed by atoms with E-state index in [1.165, 1.54) is 35.1 Å². The minimum absolute atomic E-state index is 0.190. The molecule has 2 aliphatic rings. The van der Waals surface area contributed by atoms with Gasteiger partial charge < -0.3 is 0 Å². The summed E-state index contributed by atoms with van der Waals surface area (Å²) in [6.07, 6.45) is 4.64. The van der Waals surface area contributed by atoms with E-state index in [9.17, 15) is 4.79 Å². The van der Waals surface area contributed by atoms with Crippen LogP contribution < -0.4 is 3.80 Å². The maximum atomic E-state index is 13.5.